The zero-order chi connectivity index (χ0) is 21.1. The lowest BCUT2D eigenvalue weighted by Gasteiger charge is -2.42. The minimum absolute atomic E-state index is 0.0240. The van der Waals surface area contributed by atoms with Gasteiger partial charge in [0.2, 0.25) is 0 Å². The van der Waals surface area contributed by atoms with Crippen LogP contribution in [0.2, 0.25) is 0 Å². The van der Waals surface area contributed by atoms with E-state index in [-0.39, 0.29) is 17.0 Å². The number of hydrogen-bond acceptors (Lipinski definition) is 4. The smallest absolute Gasteiger partial charge is 0.377 e. The van der Waals surface area contributed by atoms with Crippen LogP contribution in [0.25, 0.3) is 0 Å². The maximum Gasteiger partial charge on any atom is 0.416 e. The normalized spacial score (nSPS) is 21.4. The van der Waals surface area contributed by atoms with Crippen molar-refractivity contribution in [3.8, 4) is 0 Å². The first kappa shape index (κ1) is 22.1. The molecule has 1 saturated heterocycles. The zero-order valence-electron chi connectivity index (χ0n) is 16.8. The van der Waals surface area contributed by atoms with Crippen molar-refractivity contribution in [3.05, 3.63) is 35.4 Å². The first-order valence-corrected chi connectivity index (χ1v) is 10.3. The quantitative estimate of drug-likeness (QED) is 0.602. The van der Waals surface area contributed by atoms with E-state index in [1.807, 2.05) is 0 Å². The number of carbonyl (C=O) groups excluding carboxylic acids is 1. The molecule has 1 aliphatic carbocycles. The van der Waals surface area contributed by atoms with Crippen LogP contribution in [0.5, 0.6) is 0 Å². The molecule has 5 nitrogen and oxygen atoms in total. The number of likely N-dealkylation sites (tertiary alicyclic amines) is 1. The van der Waals surface area contributed by atoms with Crippen molar-refractivity contribution in [3.63, 3.8) is 0 Å². The molecule has 1 amide bonds. The van der Waals surface area contributed by atoms with Crippen LogP contribution in [-0.4, -0.2) is 53.9 Å². The number of carbonyl (C=O) groups is 1. The summed E-state index contributed by atoms with van der Waals surface area (Å²) in [7, 11) is 0. The summed E-state index contributed by atoms with van der Waals surface area (Å²) in [6.07, 6.45) is 0.152. The highest BCUT2D eigenvalue weighted by molar-refractivity contribution is 5.94. The molecular weight excluding hydrogens is 383 g/mol. The molecule has 3 N–H and O–H groups in total. The van der Waals surface area contributed by atoms with Crippen LogP contribution >= 0.6 is 0 Å². The summed E-state index contributed by atoms with van der Waals surface area (Å²) >= 11 is 0. The number of alkyl halides is 3. The first-order chi connectivity index (χ1) is 13.6. The first-order valence-electron chi connectivity index (χ1n) is 10.3. The fourth-order valence-electron chi connectivity index (χ4n) is 4.09. The summed E-state index contributed by atoms with van der Waals surface area (Å²) in [5, 5.41) is 16.3. The number of nitrogens with one attached hydrogen (secondary N) is 2. The lowest BCUT2D eigenvalue weighted by molar-refractivity contribution is -0.137. The lowest BCUT2D eigenvalue weighted by atomic mass is 9.78. The Hall–Kier alpha value is -1.64. The Bertz CT molecular complexity index is 699. The Balaban J connectivity index is 1.39. The molecule has 1 aromatic rings. The van der Waals surface area contributed by atoms with Crippen molar-refractivity contribution in [1.29, 1.82) is 0 Å². The molecule has 29 heavy (non-hydrogen) atoms. The molecule has 1 heterocycles. The molecule has 0 spiro atoms. The van der Waals surface area contributed by atoms with Crippen LogP contribution in [0.15, 0.2) is 24.3 Å². The summed E-state index contributed by atoms with van der Waals surface area (Å²) in [6, 6.07) is 4.49. The van der Waals surface area contributed by atoms with Gasteiger partial charge in [-0.2, -0.15) is 13.2 Å². The largest absolute Gasteiger partial charge is 0.416 e. The average Bonchev–Trinajstić information content (AvgIpc) is 2.65. The Kier molecular flexibility index (Phi) is 6.86. The van der Waals surface area contributed by atoms with Gasteiger partial charge in [0.1, 0.15) is 6.23 Å². The van der Waals surface area contributed by atoms with Crippen molar-refractivity contribution in [2.24, 2.45) is 5.92 Å². The van der Waals surface area contributed by atoms with Gasteiger partial charge in [-0.1, -0.05) is 6.07 Å². The van der Waals surface area contributed by atoms with Gasteiger partial charge in [-0.05, 0) is 76.2 Å². The second kappa shape index (κ2) is 9.02. The molecule has 1 aliphatic heterocycles. The van der Waals surface area contributed by atoms with Gasteiger partial charge in [0.15, 0.2) is 0 Å². The highest BCUT2D eigenvalue weighted by Crippen LogP contribution is 2.31. The van der Waals surface area contributed by atoms with E-state index in [9.17, 15) is 23.1 Å². The van der Waals surface area contributed by atoms with E-state index < -0.39 is 23.9 Å². The summed E-state index contributed by atoms with van der Waals surface area (Å²) in [4.78, 5) is 14.4. The second-order valence-electron chi connectivity index (χ2n) is 8.61. The maximum atomic E-state index is 12.8. The van der Waals surface area contributed by atoms with E-state index in [0.717, 1.165) is 50.9 Å². The molecule has 0 radical (unpaired) electrons. The number of piperidine rings is 1. The van der Waals surface area contributed by atoms with Crippen molar-refractivity contribution in [2.45, 2.75) is 57.0 Å². The lowest BCUT2D eigenvalue weighted by Crippen LogP contribution is -2.56. The van der Waals surface area contributed by atoms with Crippen LogP contribution in [0.1, 0.15) is 54.9 Å². The molecule has 8 heteroatoms. The Morgan fingerprint density at radius 3 is 2.59 bits per heavy atom. The predicted octanol–water partition coefficient (Wildman–Crippen LogP) is 3.00. The van der Waals surface area contributed by atoms with Gasteiger partial charge in [-0.15, -0.1) is 0 Å². The van der Waals surface area contributed by atoms with Gasteiger partial charge in [0, 0.05) is 24.2 Å². The van der Waals surface area contributed by atoms with Gasteiger partial charge in [-0.3, -0.25) is 15.0 Å². The topological polar surface area (TPSA) is 64.6 Å². The van der Waals surface area contributed by atoms with E-state index >= 15 is 0 Å². The summed E-state index contributed by atoms with van der Waals surface area (Å²) in [6.45, 7) is 4.83. The van der Waals surface area contributed by atoms with Crippen molar-refractivity contribution < 1.29 is 23.1 Å². The number of hydrogen-bond donors (Lipinski definition) is 3. The van der Waals surface area contributed by atoms with Crippen LogP contribution < -0.4 is 10.6 Å². The molecule has 2 aliphatic rings. The summed E-state index contributed by atoms with van der Waals surface area (Å²) in [5.41, 5.74) is -0.733. The summed E-state index contributed by atoms with van der Waals surface area (Å²) in [5.74, 6) is -0.192. The molecule has 2 fully saturated rings. The third-order valence-corrected chi connectivity index (χ3v) is 6.11. The fraction of sp³-hybridized carbons (Fsp3) is 0.667. The van der Waals surface area contributed by atoms with Crippen LogP contribution in [0.3, 0.4) is 0 Å². The van der Waals surface area contributed by atoms with Gasteiger partial charge in [0.25, 0.3) is 5.91 Å². The molecule has 0 aromatic heterocycles. The van der Waals surface area contributed by atoms with Crippen LogP contribution in [-0.2, 0) is 6.18 Å². The third kappa shape index (κ3) is 6.17. The second-order valence-corrected chi connectivity index (χ2v) is 8.61. The van der Waals surface area contributed by atoms with E-state index in [1.54, 1.807) is 0 Å². The highest BCUT2D eigenvalue weighted by atomic mass is 19.4. The van der Waals surface area contributed by atoms with Crippen molar-refractivity contribution in [2.75, 3.05) is 26.2 Å². The number of benzene rings is 1. The molecule has 0 bridgehead atoms. The average molecular weight is 413 g/mol. The van der Waals surface area contributed by atoms with E-state index in [4.69, 9.17) is 0 Å². The van der Waals surface area contributed by atoms with Gasteiger partial charge >= 0.3 is 6.18 Å². The third-order valence-electron chi connectivity index (χ3n) is 6.11. The fourth-order valence-corrected chi connectivity index (χ4v) is 4.09. The number of nitrogens with zero attached hydrogens (tertiary/aromatic N) is 1. The Labute approximate surface area is 169 Å². The zero-order valence-corrected chi connectivity index (χ0v) is 16.8. The molecule has 1 aromatic carbocycles. The van der Waals surface area contributed by atoms with E-state index in [2.05, 4.69) is 22.5 Å². The summed E-state index contributed by atoms with van der Waals surface area (Å²) < 4.78 is 38.4. The number of amides is 1. The molecular formula is C21H30F3N3O2. The number of aliphatic hydroxyl groups excluding tert-OH is 1. The highest BCUT2D eigenvalue weighted by Gasteiger charge is 2.34. The van der Waals surface area contributed by atoms with Gasteiger partial charge in [-0.25, -0.2) is 0 Å². The standard InChI is InChI=1S/C21H30F3N3O2/c1-20(8-3-9-20)26-18(28)14-27-10-6-15(7-11-27)13-25-19(29)16-4-2-5-17(12-16)21(22,23)24/h2,4-5,12,15,18,26,28H,3,6-11,13-14H2,1H3,(H,25,29). The van der Waals surface area contributed by atoms with E-state index in [1.165, 1.54) is 18.6 Å². The monoisotopic (exact) mass is 413 g/mol. The predicted molar refractivity (Wildman–Crippen MR) is 104 cm³/mol. The van der Waals surface area contributed by atoms with Gasteiger partial charge in [0.05, 0.1) is 5.56 Å². The maximum absolute atomic E-state index is 12.8. The van der Waals surface area contributed by atoms with Crippen molar-refractivity contribution in [1.82, 2.24) is 15.5 Å². The van der Waals surface area contributed by atoms with Crippen LogP contribution in [0.4, 0.5) is 13.2 Å². The van der Waals surface area contributed by atoms with Gasteiger partial charge < -0.3 is 10.4 Å². The van der Waals surface area contributed by atoms with Crippen molar-refractivity contribution >= 4 is 5.91 Å². The molecule has 162 valence electrons. The minimum atomic E-state index is -4.46. The number of rotatable bonds is 7. The number of halogens is 3. The molecule has 3 rings (SSSR count). The van der Waals surface area contributed by atoms with E-state index in [0.29, 0.717) is 13.1 Å². The Morgan fingerprint density at radius 1 is 1.31 bits per heavy atom. The number of aliphatic hydroxyl groups is 1. The number of β-amino-alcohol motifs (C(OH)–C–C–N with tert-alkyl or cyclic N) is 1. The van der Waals surface area contributed by atoms with Crippen LogP contribution in [0, 0.1) is 5.92 Å². The Morgan fingerprint density at radius 2 is 2.00 bits per heavy atom. The molecule has 1 saturated carbocycles. The SMILES string of the molecule is CC1(NC(O)CN2CCC(CNC(=O)c3cccc(C(F)(F)F)c3)CC2)CCC1. The molecule has 1 unspecified atom stereocenters. The minimum Gasteiger partial charge on any atom is -0.377 e. The molecule has 1 atom stereocenters.